The summed E-state index contributed by atoms with van der Waals surface area (Å²) in [5.74, 6) is -0.575. The molecule has 7 nitrogen and oxygen atoms in total. The molecule has 25 heavy (non-hydrogen) atoms. The fourth-order valence-corrected chi connectivity index (χ4v) is 2.69. The topological polar surface area (TPSA) is 92.9 Å². The van der Waals surface area contributed by atoms with Crippen LogP contribution in [0.2, 0.25) is 0 Å². The van der Waals surface area contributed by atoms with Crippen molar-refractivity contribution in [1.29, 1.82) is 0 Å². The normalized spacial score (nSPS) is 10.7. The van der Waals surface area contributed by atoms with Gasteiger partial charge in [0.2, 0.25) is 5.95 Å². The molecule has 0 spiro atoms. The second-order valence-corrected chi connectivity index (χ2v) is 5.80. The maximum Gasteiger partial charge on any atom is 0.354 e. The Hall–Kier alpha value is -3.22. The highest BCUT2D eigenvalue weighted by Gasteiger charge is 2.15. The summed E-state index contributed by atoms with van der Waals surface area (Å²) in [6.45, 7) is 6.37. The molecule has 2 heterocycles. The van der Waals surface area contributed by atoms with Crippen molar-refractivity contribution in [1.82, 2.24) is 19.7 Å². The van der Waals surface area contributed by atoms with E-state index in [4.69, 9.17) is 0 Å². The molecule has 0 aliphatic rings. The molecule has 0 bridgehead atoms. The van der Waals surface area contributed by atoms with Gasteiger partial charge in [0.25, 0.3) is 0 Å². The SMILES string of the molecule is CCn1nc(-c2ccnc(Nc3cc(C)cc(C)c3)n2)cc1C(=O)O. The smallest absolute Gasteiger partial charge is 0.354 e. The molecule has 7 heteroatoms. The molecule has 0 saturated heterocycles. The van der Waals surface area contributed by atoms with E-state index < -0.39 is 5.97 Å². The van der Waals surface area contributed by atoms with Crippen LogP contribution in [0.15, 0.2) is 36.5 Å². The zero-order valence-electron chi connectivity index (χ0n) is 14.3. The molecule has 2 N–H and O–H groups in total. The lowest BCUT2D eigenvalue weighted by Gasteiger charge is -2.07. The molecule has 0 fully saturated rings. The summed E-state index contributed by atoms with van der Waals surface area (Å²) < 4.78 is 1.44. The molecule has 0 aliphatic carbocycles. The number of carboxylic acids is 1. The third-order valence-corrected chi connectivity index (χ3v) is 3.69. The quantitative estimate of drug-likeness (QED) is 0.741. The Kier molecular flexibility index (Phi) is 4.47. The molecule has 0 atom stereocenters. The van der Waals surface area contributed by atoms with E-state index in [9.17, 15) is 9.90 Å². The largest absolute Gasteiger partial charge is 0.477 e. The first kappa shape index (κ1) is 16.6. The lowest BCUT2D eigenvalue weighted by atomic mass is 10.1. The molecule has 0 radical (unpaired) electrons. The van der Waals surface area contributed by atoms with Gasteiger partial charge < -0.3 is 10.4 Å². The van der Waals surface area contributed by atoms with Gasteiger partial charge in [0, 0.05) is 24.5 Å². The van der Waals surface area contributed by atoms with E-state index in [0.717, 1.165) is 16.8 Å². The molecular formula is C18H19N5O2. The second-order valence-electron chi connectivity index (χ2n) is 5.80. The lowest BCUT2D eigenvalue weighted by molar-refractivity contribution is 0.0683. The number of carbonyl (C=O) groups is 1. The summed E-state index contributed by atoms with van der Waals surface area (Å²) in [6.07, 6.45) is 1.62. The van der Waals surface area contributed by atoms with Crippen LogP contribution in [0, 0.1) is 13.8 Å². The molecule has 0 amide bonds. The van der Waals surface area contributed by atoms with E-state index in [1.807, 2.05) is 32.9 Å². The Morgan fingerprint density at radius 2 is 1.88 bits per heavy atom. The number of carboxylic acid groups (broad SMARTS) is 1. The minimum absolute atomic E-state index is 0.139. The van der Waals surface area contributed by atoms with Crippen molar-refractivity contribution in [2.75, 3.05) is 5.32 Å². The second kappa shape index (κ2) is 6.72. The summed E-state index contributed by atoms with van der Waals surface area (Å²) in [5, 5.41) is 16.7. The summed E-state index contributed by atoms with van der Waals surface area (Å²) in [7, 11) is 0. The molecule has 0 aliphatic heterocycles. The van der Waals surface area contributed by atoms with Gasteiger partial charge in [-0.25, -0.2) is 14.8 Å². The number of nitrogens with zero attached hydrogens (tertiary/aromatic N) is 4. The van der Waals surface area contributed by atoms with Crippen LogP contribution in [0.3, 0.4) is 0 Å². The highest BCUT2D eigenvalue weighted by molar-refractivity contribution is 5.87. The van der Waals surface area contributed by atoms with Gasteiger partial charge in [-0.15, -0.1) is 0 Å². The zero-order valence-corrected chi connectivity index (χ0v) is 14.3. The van der Waals surface area contributed by atoms with Crippen LogP contribution in [-0.2, 0) is 6.54 Å². The van der Waals surface area contributed by atoms with Crippen LogP contribution in [0.5, 0.6) is 0 Å². The highest BCUT2D eigenvalue weighted by Crippen LogP contribution is 2.21. The first-order valence-corrected chi connectivity index (χ1v) is 7.96. The Labute approximate surface area is 145 Å². The zero-order chi connectivity index (χ0) is 18.0. The number of hydrogen-bond donors (Lipinski definition) is 2. The van der Waals surface area contributed by atoms with Crippen LogP contribution < -0.4 is 5.32 Å². The summed E-state index contributed by atoms with van der Waals surface area (Å²) in [6, 6.07) is 9.34. The number of nitrogens with one attached hydrogen (secondary N) is 1. The van der Waals surface area contributed by atoms with Gasteiger partial charge in [-0.05, 0) is 50.1 Å². The Bertz CT molecular complexity index is 913. The Morgan fingerprint density at radius 1 is 1.16 bits per heavy atom. The summed E-state index contributed by atoms with van der Waals surface area (Å²) in [5.41, 5.74) is 4.40. The molecular weight excluding hydrogens is 318 g/mol. The predicted octanol–water partition coefficient (Wildman–Crippen LogP) is 3.42. The monoisotopic (exact) mass is 337 g/mol. The van der Waals surface area contributed by atoms with Crippen molar-refractivity contribution in [3.8, 4) is 11.4 Å². The molecule has 0 saturated carbocycles. The Morgan fingerprint density at radius 3 is 2.48 bits per heavy atom. The molecule has 1 aromatic carbocycles. The molecule has 128 valence electrons. The standard InChI is InChI=1S/C18H19N5O2/c1-4-23-16(17(24)25)10-15(22-23)14-5-6-19-18(21-14)20-13-8-11(2)7-12(3)9-13/h5-10H,4H2,1-3H3,(H,24,25)(H,19,20,21). The molecule has 2 aromatic heterocycles. The van der Waals surface area contributed by atoms with E-state index in [-0.39, 0.29) is 5.69 Å². The van der Waals surface area contributed by atoms with Crippen molar-refractivity contribution in [2.45, 2.75) is 27.3 Å². The van der Waals surface area contributed by atoms with Crippen LogP contribution in [0.4, 0.5) is 11.6 Å². The van der Waals surface area contributed by atoms with Crippen molar-refractivity contribution in [3.05, 3.63) is 53.3 Å². The lowest BCUT2D eigenvalue weighted by Crippen LogP contribution is -2.08. The van der Waals surface area contributed by atoms with Gasteiger partial charge in [-0.1, -0.05) is 6.07 Å². The number of anilines is 2. The fourth-order valence-electron chi connectivity index (χ4n) is 2.69. The first-order chi connectivity index (χ1) is 12.0. The van der Waals surface area contributed by atoms with Gasteiger partial charge in [0.05, 0.1) is 5.69 Å². The number of aromatic nitrogens is 4. The van der Waals surface area contributed by atoms with Crippen LogP contribution in [0.25, 0.3) is 11.4 Å². The maximum atomic E-state index is 11.3. The van der Waals surface area contributed by atoms with Crippen LogP contribution >= 0.6 is 0 Å². The summed E-state index contributed by atoms with van der Waals surface area (Å²) >= 11 is 0. The van der Waals surface area contributed by atoms with Crippen molar-refractivity contribution in [3.63, 3.8) is 0 Å². The average Bonchev–Trinajstić information content (AvgIpc) is 2.99. The number of aryl methyl sites for hydroxylation is 3. The molecule has 3 aromatic rings. The van der Waals surface area contributed by atoms with Crippen molar-refractivity contribution < 1.29 is 9.90 Å². The van der Waals surface area contributed by atoms with Gasteiger partial charge in [-0.2, -0.15) is 5.10 Å². The number of aromatic carboxylic acids is 1. The van der Waals surface area contributed by atoms with Gasteiger partial charge in [0.1, 0.15) is 11.4 Å². The van der Waals surface area contributed by atoms with E-state index in [1.165, 1.54) is 10.7 Å². The highest BCUT2D eigenvalue weighted by atomic mass is 16.4. The maximum absolute atomic E-state index is 11.3. The summed E-state index contributed by atoms with van der Waals surface area (Å²) in [4.78, 5) is 20.0. The van der Waals surface area contributed by atoms with E-state index in [0.29, 0.717) is 23.9 Å². The van der Waals surface area contributed by atoms with Gasteiger partial charge in [0.15, 0.2) is 0 Å². The number of hydrogen-bond acceptors (Lipinski definition) is 5. The van der Waals surface area contributed by atoms with Crippen LogP contribution in [-0.4, -0.2) is 30.8 Å². The van der Waals surface area contributed by atoms with Crippen molar-refractivity contribution in [2.24, 2.45) is 0 Å². The van der Waals surface area contributed by atoms with E-state index >= 15 is 0 Å². The third kappa shape index (κ3) is 3.65. The molecule has 0 unspecified atom stereocenters. The molecule has 3 rings (SSSR count). The van der Waals surface area contributed by atoms with Gasteiger partial charge >= 0.3 is 5.97 Å². The minimum atomic E-state index is -1.01. The minimum Gasteiger partial charge on any atom is -0.477 e. The number of rotatable bonds is 5. The van der Waals surface area contributed by atoms with Crippen molar-refractivity contribution >= 4 is 17.6 Å². The average molecular weight is 337 g/mol. The fraction of sp³-hybridized carbons (Fsp3) is 0.222. The van der Waals surface area contributed by atoms with E-state index in [2.05, 4.69) is 26.4 Å². The Balaban J connectivity index is 1.93. The van der Waals surface area contributed by atoms with Gasteiger partial charge in [-0.3, -0.25) is 4.68 Å². The third-order valence-electron chi connectivity index (χ3n) is 3.69. The first-order valence-electron chi connectivity index (χ1n) is 7.96. The van der Waals surface area contributed by atoms with E-state index in [1.54, 1.807) is 12.3 Å². The predicted molar refractivity (Wildman–Crippen MR) is 95.1 cm³/mol. The van der Waals surface area contributed by atoms with Crippen LogP contribution in [0.1, 0.15) is 28.5 Å². The number of benzene rings is 1.